The van der Waals surface area contributed by atoms with Gasteiger partial charge < -0.3 is 5.32 Å². The van der Waals surface area contributed by atoms with Crippen molar-refractivity contribution in [1.29, 1.82) is 0 Å². The van der Waals surface area contributed by atoms with Crippen molar-refractivity contribution in [2.75, 3.05) is 12.4 Å². The summed E-state index contributed by atoms with van der Waals surface area (Å²) >= 11 is 0. The first-order valence-corrected chi connectivity index (χ1v) is 3.72. The minimum Gasteiger partial charge on any atom is -0.388 e. The van der Waals surface area contributed by atoms with Crippen LogP contribution in [0.4, 0.5) is 5.69 Å². The minimum atomic E-state index is 0.879. The van der Waals surface area contributed by atoms with E-state index in [0.717, 1.165) is 16.8 Å². The van der Waals surface area contributed by atoms with Crippen molar-refractivity contribution in [1.82, 2.24) is 0 Å². The summed E-state index contributed by atoms with van der Waals surface area (Å²) in [6.45, 7) is 3.71. The molecule has 1 nitrogen and oxygen atoms in total. The average Bonchev–Trinajstić information content (AvgIpc) is 2.16. The van der Waals surface area contributed by atoms with Crippen molar-refractivity contribution in [2.45, 2.75) is 0 Å². The van der Waals surface area contributed by atoms with E-state index >= 15 is 0 Å². The molecule has 0 saturated carbocycles. The van der Waals surface area contributed by atoms with E-state index in [0.29, 0.717) is 0 Å². The molecule has 0 radical (unpaired) electrons. The van der Waals surface area contributed by atoms with E-state index in [1.807, 2.05) is 25.2 Å². The standard InChI is InChI=1S/C11H11N/c1-4-9-6-7-11(12-3)10(5-2)8-9/h1,5-8,12H,2H2,3H3. The third-order valence-electron chi connectivity index (χ3n) is 1.71. The number of hydrogen-bond acceptors (Lipinski definition) is 1. The van der Waals surface area contributed by atoms with Gasteiger partial charge in [0.05, 0.1) is 0 Å². The fraction of sp³-hybridized carbons (Fsp3) is 0.0909. The maximum absolute atomic E-state index is 5.26. The van der Waals surface area contributed by atoms with Crippen molar-refractivity contribution < 1.29 is 0 Å². The molecule has 0 fully saturated rings. The highest BCUT2D eigenvalue weighted by Gasteiger charge is 1.96. The Morgan fingerprint density at radius 3 is 2.83 bits per heavy atom. The van der Waals surface area contributed by atoms with Gasteiger partial charge in [-0.25, -0.2) is 0 Å². The lowest BCUT2D eigenvalue weighted by Crippen LogP contribution is -1.91. The topological polar surface area (TPSA) is 12.0 Å². The Hall–Kier alpha value is -1.68. The van der Waals surface area contributed by atoms with Crippen molar-refractivity contribution in [3.05, 3.63) is 35.9 Å². The summed E-state index contributed by atoms with van der Waals surface area (Å²) in [5.74, 6) is 2.58. The summed E-state index contributed by atoms with van der Waals surface area (Å²) in [6, 6.07) is 5.78. The molecule has 0 bridgehead atoms. The number of rotatable bonds is 2. The first kappa shape index (κ1) is 8.42. The summed E-state index contributed by atoms with van der Waals surface area (Å²) in [5, 5.41) is 3.06. The summed E-state index contributed by atoms with van der Waals surface area (Å²) in [6.07, 6.45) is 7.04. The summed E-state index contributed by atoms with van der Waals surface area (Å²) in [7, 11) is 1.87. The van der Waals surface area contributed by atoms with Gasteiger partial charge in [0.25, 0.3) is 0 Å². The van der Waals surface area contributed by atoms with E-state index < -0.39 is 0 Å². The molecule has 0 amide bonds. The fourth-order valence-electron chi connectivity index (χ4n) is 1.05. The van der Waals surface area contributed by atoms with Gasteiger partial charge in [-0.15, -0.1) is 6.42 Å². The second-order valence-corrected chi connectivity index (χ2v) is 2.40. The molecule has 12 heavy (non-hydrogen) atoms. The third kappa shape index (κ3) is 1.49. The van der Waals surface area contributed by atoms with Crippen LogP contribution in [0.15, 0.2) is 24.8 Å². The molecule has 0 spiro atoms. The molecule has 1 aromatic carbocycles. The normalized spacial score (nSPS) is 8.67. The van der Waals surface area contributed by atoms with Gasteiger partial charge in [0.1, 0.15) is 0 Å². The highest BCUT2D eigenvalue weighted by Crippen LogP contribution is 2.17. The summed E-state index contributed by atoms with van der Waals surface area (Å²) < 4.78 is 0. The molecule has 0 aliphatic carbocycles. The SMILES string of the molecule is C#Cc1ccc(NC)c(C=C)c1. The van der Waals surface area contributed by atoms with E-state index in [1.165, 1.54) is 0 Å². The number of benzene rings is 1. The van der Waals surface area contributed by atoms with Gasteiger partial charge in [0.15, 0.2) is 0 Å². The summed E-state index contributed by atoms with van der Waals surface area (Å²) in [5.41, 5.74) is 2.96. The van der Waals surface area contributed by atoms with E-state index in [1.54, 1.807) is 6.08 Å². The first-order chi connectivity index (χ1) is 5.81. The van der Waals surface area contributed by atoms with Gasteiger partial charge in [0, 0.05) is 18.3 Å². The molecule has 0 saturated heterocycles. The Morgan fingerprint density at radius 2 is 2.33 bits per heavy atom. The number of nitrogens with one attached hydrogen (secondary N) is 1. The third-order valence-corrected chi connectivity index (χ3v) is 1.71. The van der Waals surface area contributed by atoms with Crippen molar-refractivity contribution in [3.8, 4) is 12.3 Å². The Morgan fingerprint density at radius 1 is 1.58 bits per heavy atom. The van der Waals surface area contributed by atoms with E-state index in [9.17, 15) is 0 Å². The summed E-state index contributed by atoms with van der Waals surface area (Å²) in [4.78, 5) is 0. The zero-order valence-electron chi connectivity index (χ0n) is 7.09. The van der Waals surface area contributed by atoms with Gasteiger partial charge in [-0.2, -0.15) is 0 Å². The van der Waals surface area contributed by atoms with Crippen LogP contribution in [0.2, 0.25) is 0 Å². The molecular weight excluding hydrogens is 146 g/mol. The predicted molar refractivity (Wildman–Crippen MR) is 54.0 cm³/mol. The molecular formula is C11H11N. The quantitative estimate of drug-likeness (QED) is 0.650. The fourth-order valence-corrected chi connectivity index (χ4v) is 1.05. The molecule has 0 aromatic heterocycles. The van der Waals surface area contributed by atoms with Gasteiger partial charge in [-0.1, -0.05) is 18.6 Å². The van der Waals surface area contributed by atoms with Crippen molar-refractivity contribution in [2.24, 2.45) is 0 Å². The van der Waals surface area contributed by atoms with Gasteiger partial charge in [-0.3, -0.25) is 0 Å². The zero-order chi connectivity index (χ0) is 8.97. The first-order valence-electron chi connectivity index (χ1n) is 3.72. The molecule has 0 heterocycles. The maximum Gasteiger partial charge on any atom is 0.0411 e. The Labute approximate surface area is 73.1 Å². The number of anilines is 1. The molecule has 1 aromatic rings. The Bertz CT molecular complexity index is 331. The monoisotopic (exact) mass is 157 g/mol. The molecule has 0 unspecified atom stereocenters. The van der Waals surface area contributed by atoms with Crippen LogP contribution in [0.25, 0.3) is 6.08 Å². The lowest BCUT2D eigenvalue weighted by atomic mass is 10.1. The van der Waals surface area contributed by atoms with Crippen LogP contribution >= 0.6 is 0 Å². The Kier molecular flexibility index (Phi) is 2.55. The largest absolute Gasteiger partial charge is 0.388 e. The van der Waals surface area contributed by atoms with Crippen LogP contribution in [-0.4, -0.2) is 7.05 Å². The van der Waals surface area contributed by atoms with Gasteiger partial charge >= 0.3 is 0 Å². The van der Waals surface area contributed by atoms with Gasteiger partial charge in [-0.05, 0) is 23.8 Å². The maximum atomic E-state index is 5.26. The van der Waals surface area contributed by atoms with Crippen LogP contribution < -0.4 is 5.32 Å². The lowest BCUT2D eigenvalue weighted by Gasteiger charge is -2.04. The lowest BCUT2D eigenvalue weighted by molar-refractivity contribution is 1.48. The molecule has 1 heteroatoms. The second kappa shape index (κ2) is 3.64. The minimum absolute atomic E-state index is 0.879. The zero-order valence-corrected chi connectivity index (χ0v) is 7.09. The van der Waals surface area contributed by atoms with Gasteiger partial charge in [0.2, 0.25) is 0 Å². The van der Waals surface area contributed by atoms with Crippen molar-refractivity contribution in [3.63, 3.8) is 0 Å². The highest BCUT2D eigenvalue weighted by molar-refractivity contribution is 5.67. The van der Waals surface area contributed by atoms with Crippen LogP contribution in [-0.2, 0) is 0 Å². The highest BCUT2D eigenvalue weighted by atomic mass is 14.8. The Balaban J connectivity index is 3.21. The van der Waals surface area contributed by atoms with Crippen LogP contribution in [0.1, 0.15) is 11.1 Å². The molecule has 1 rings (SSSR count). The predicted octanol–water partition coefficient (Wildman–Crippen LogP) is 2.35. The van der Waals surface area contributed by atoms with E-state index in [-0.39, 0.29) is 0 Å². The second-order valence-electron chi connectivity index (χ2n) is 2.40. The van der Waals surface area contributed by atoms with Crippen LogP contribution in [0.5, 0.6) is 0 Å². The molecule has 0 aliphatic heterocycles. The smallest absolute Gasteiger partial charge is 0.0411 e. The number of hydrogen-bond donors (Lipinski definition) is 1. The molecule has 60 valence electrons. The van der Waals surface area contributed by atoms with E-state index in [4.69, 9.17) is 6.42 Å². The average molecular weight is 157 g/mol. The van der Waals surface area contributed by atoms with Crippen molar-refractivity contribution >= 4 is 11.8 Å². The molecule has 0 atom stereocenters. The molecule has 1 N–H and O–H groups in total. The van der Waals surface area contributed by atoms with E-state index in [2.05, 4.69) is 17.8 Å². The molecule has 0 aliphatic rings. The van der Waals surface area contributed by atoms with Crippen LogP contribution in [0, 0.1) is 12.3 Å². The number of terminal acetylenes is 1. The van der Waals surface area contributed by atoms with Crippen LogP contribution in [0.3, 0.4) is 0 Å².